The molecule has 1 aliphatic heterocycles. The first-order valence-corrected chi connectivity index (χ1v) is 8.25. The summed E-state index contributed by atoms with van der Waals surface area (Å²) in [5.41, 5.74) is 2.45. The van der Waals surface area contributed by atoms with Gasteiger partial charge in [0.15, 0.2) is 0 Å². The number of anilines is 1. The van der Waals surface area contributed by atoms with Crippen LogP contribution in [-0.4, -0.2) is 36.3 Å². The normalized spacial score (nSPS) is 26.1. The number of hydrogen-bond acceptors (Lipinski definition) is 4. The molecule has 4 heteroatoms. The fourth-order valence-corrected chi connectivity index (χ4v) is 2.98. The maximum absolute atomic E-state index is 5.80. The van der Waals surface area contributed by atoms with Crippen molar-refractivity contribution in [3.05, 3.63) is 23.4 Å². The van der Waals surface area contributed by atoms with Crippen molar-refractivity contribution in [1.29, 1.82) is 0 Å². The van der Waals surface area contributed by atoms with Gasteiger partial charge in [0.1, 0.15) is 5.82 Å². The summed E-state index contributed by atoms with van der Waals surface area (Å²) < 4.78 is 5.80. The highest BCUT2D eigenvalue weighted by atomic mass is 16.5. The summed E-state index contributed by atoms with van der Waals surface area (Å²) in [6.07, 6.45) is 4.03. The Hall–Kier alpha value is -1.13. The monoisotopic (exact) mass is 289 g/mol. The molecule has 0 amide bonds. The van der Waals surface area contributed by atoms with Crippen molar-refractivity contribution in [2.75, 3.05) is 18.1 Å². The van der Waals surface area contributed by atoms with Gasteiger partial charge in [-0.2, -0.15) is 0 Å². The lowest BCUT2D eigenvalue weighted by Gasteiger charge is -2.39. The maximum Gasteiger partial charge on any atom is 0.129 e. The van der Waals surface area contributed by atoms with Crippen molar-refractivity contribution in [2.24, 2.45) is 0 Å². The molecule has 2 heterocycles. The first-order chi connectivity index (χ1) is 10.2. The van der Waals surface area contributed by atoms with E-state index in [0.29, 0.717) is 6.04 Å². The molecule has 21 heavy (non-hydrogen) atoms. The molecule has 2 unspecified atom stereocenters. The number of nitrogens with zero attached hydrogens (tertiary/aromatic N) is 2. The largest absolute Gasteiger partial charge is 0.375 e. The summed E-state index contributed by atoms with van der Waals surface area (Å²) in [6.45, 7) is 9.16. The molecule has 2 aliphatic rings. The molecule has 0 radical (unpaired) electrons. The number of nitrogens with one attached hydrogen (secondary N) is 1. The van der Waals surface area contributed by atoms with E-state index in [1.165, 1.54) is 18.4 Å². The zero-order valence-electron chi connectivity index (χ0n) is 13.4. The van der Waals surface area contributed by atoms with Crippen molar-refractivity contribution in [3.8, 4) is 0 Å². The van der Waals surface area contributed by atoms with E-state index in [-0.39, 0.29) is 6.10 Å². The molecular formula is C17H27N3O. The first-order valence-electron chi connectivity index (χ1n) is 8.25. The number of aromatic nitrogens is 1. The Balaban J connectivity index is 1.78. The molecule has 0 aromatic carbocycles. The topological polar surface area (TPSA) is 37.4 Å². The van der Waals surface area contributed by atoms with Crippen LogP contribution in [0.3, 0.4) is 0 Å². The van der Waals surface area contributed by atoms with Crippen LogP contribution in [0.2, 0.25) is 0 Å². The third kappa shape index (κ3) is 3.74. The minimum atomic E-state index is 0.281. The maximum atomic E-state index is 5.80. The number of morpholine rings is 1. The van der Waals surface area contributed by atoms with Crippen LogP contribution in [0, 0.1) is 6.92 Å². The van der Waals surface area contributed by atoms with Gasteiger partial charge in [0, 0.05) is 24.8 Å². The minimum Gasteiger partial charge on any atom is -0.375 e. The molecule has 3 rings (SSSR count). The fraction of sp³-hybridized carbons (Fsp3) is 0.706. The summed E-state index contributed by atoms with van der Waals surface area (Å²) in [6, 6.07) is 5.64. The van der Waals surface area contributed by atoms with E-state index in [4.69, 9.17) is 9.72 Å². The molecule has 4 nitrogen and oxygen atoms in total. The second-order valence-corrected chi connectivity index (χ2v) is 6.49. The zero-order valence-corrected chi connectivity index (χ0v) is 13.4. The van der Waals surface area contributed by atoms with Crippen LogP contribution in [-0.2, 0) is 11.3 Å². The van der Waals surface area contributed by atoms with Crippen molar-refractivity contribution >= 4 is 5.82 Å². The number of pyridine rings is 1. The van der Waals surface area contributed by atoms with Crippen molar-refractivity contribution < 1.29 is 4.74 Å². The van der Waals surface area contributed by atoms with Crippen LogP contribution >= 0.6 is 0 Å². The van der Waals surface area contributed by atoms with Gasteiger partial charge in [-0.25, -0.2) is 4.98 Å². The second kappa shape index (κ2) is 6.32. The average molecular weight is 289 g/mol. The van der Waals surface area contributed by atoms with Gasteiger partial charge >= 0.3 is 0 Å². The molecule has 1 saturated carbocycles. The van der Waals surface area contributed by atoms with E-state index >= 15 is 0 Å². The van der Waals surface area contributed by atoms with Gasteiger partial charge < -0.3 is 15.0 Å². The highest BCUT2D eigenvalue weighted by Crippen LogP contribution is 2.24. The summed E-state index contributed by atoms with van der Waals surface area (Å²) in [5.74, 6) is 1.12. The van der Waals surface area contributed by atoms with E-state index in [0.717, 1.165) is 43.7 Å². The molecule has 1 N–H and O–H groups in total. The summed E-state index contributed by atoms with van der Waals surface area (Å²) in [4.78, 5) is 7.21. The summed E-state index contributed by atoms with van der Waals surface area (Å²) >= 11 is 0. The van der Waals surface area contributed by atoms with Crippen LogP contribution in [0.25, 0.3) is 0 Å². The predicted octanol–water partition coefficient (Wildman–Crippen LogP) is 2.65. The van der Waals surface area contributed by atoms with Gasteiger partial charge in [0.25, 0.3) is 0 Å². The first kappa shape index (κ1) is 14.8. The lowest BCUT2D eigenvalue weighted by molar-refractivity contribution is 0.0296. The summed E-state index contributed by atoms with van der Waals surface area (Å²) in [7, 11) is 0. The fourth-order valence-electron chi connectivity index (χ4n) is 2.98. The lowest BCUT2D eigenvalue weighted by Crippen LogP contribution is -2.49. The molecule has 116 valence electrons. The quantitative estimate of drug-likeness (QED) is 0.904. The van der Waals surface area contributed by atoms with Gasteiger partial charge in [-0.3, -0.25) is 0 Å². The van der Waals surface area contributed by atoms with Gasteiger partial charge in [0.05, 0.1) is 18.8 Å². The molecule has 1 saturated heterocycles. The van der Waals surface area contributed by atoms with Crippen LogP contribution in [0.15, 0.2) is 12.1 Å². The van der Waals surface area contributed by atoms with E-state index in [1.54, 1.807) is 0 Å². The van der Waals surface area contributed by atoms with Gasteiger partial charge in [-0.1, -0.05) is 6.92 Å². The molecule has 1 aliphatic carbocycles. The van der Waals surface area contributed by atoms with Gasteiger partial charge in [-0.15, -0.1) is 0 Å². The highest BCUT2D eigenvalue weighted by molar-refractivity contribution is 5.44. The molecular weight excluding hydrogens is 262 g/mol. The number of rotatable bonds is 5. The zero-order chi connectivity index (χ0) is 14.8. The Morgan fingerprint density at radius 2 is 2.19 bits per heavy atom. The number of ether oxygens (including phenoxy) is 1. The van der Waals surface area contributed by atoms with Crippen molar-refractivity contribution in [3.63, 3.8) is 0 Å². The van der Waals surface area contributed by atoms with E-state index in [1.807, 2.05) is 0 Å². The van der Waals surface area contributed by atoms with Crippen LogP contribution in [0.5, 0.6) is 0 Å². The third-order valence-corrected chi connectivity index (χ3v) is 4.41. The smallest absolute Gasteiger partial charge is 0.129 e. The molecule has 0 spiro atoms. The van der Waals surface area contributed by atoms with Gasteiger partial charge in [-0.05, 0) is 50.8 Å². The van der Waals surface area contributed by atoms with Crippen LogP contribution < -0.4 is 10.2 Å². The highest BCUT2D eigenvalue weighted by Gasteiger charge is 2.27. The molecule has 2 atom stereocenters. The van der Waals surface area contributed by atoms with Gasteiger partial charge in [0.2, 0.25) is 0 Å². The third-order valence-electron chi connectivity index (χ3n) is 4.41. The lowest BCUT2D eigenvalue weighted by atomic mass is 10.1. The average Bonchev–Trinajstić information content (AvgIpc) is 3.29. The second-order valence-electron chi connectivity index (χ2n) is 6.49. The Bertz CT molecular complexity index is 487. The van der Waals surface area contributed by atoms with E-state index in [9.17, 15) is 0 Å². The van der Waals surface area contributed by atoms with Crippen molar-refractivity contribution in [2.45, 2.75) is 64.8 Å². The Kier molecular flexibility index (Phi) is 4.45. The Morgan fingerprint density at radius 1 is 1.38 bits per heavy atom. The number of aryl methyl sites for hydroxylation is 1. The molecule has 1 aromatic rings. The molecule has 1 aromatic heterocycles. The number of hydrogen-bond donors (Lipinski definition) is 1. The predicted molar refractivity (Wildman–Crippen MR) is 85.7 cm³/mol. The summed E-state index contributed by atoms with van der Waals surface area (Å²) in [5, 5.41) is 3.59. The Morgan fingerprint density at radius 3 is 2.90 bits per heavy atom. The standard InChI is InChI=1S/C17H27N3O/c1-4-16-11-21-13(3)10-20(16)17-8-14(7-12(2)19-17)9-18-15-5-6-15/h7-8,13,15-16,18H,4-6,9-11H2,1-3H3. The van der Waals surface area contributed by atoms with E-state index in [2.05, 4.69) is 43.1 Å². The van der Waals surface area contributed by atoms with Crippen LogP contribution in [0.1, 0.15) is 44.4 Å². The van der Waals surface area contributed by atoms with Crippen LogP contribution in [0.4, 0.5) is 5.82 Å². The Labute approximate surface area is 127 Å². The minimum absolute atomic E-state index is 0.281. The van der Waals surface area contributed by atoms with Crippen molar-refractivity contribution in [1.82, 2.24) is 10.3 Å². The SMILES string of the molecule is CCC1COC(C)CN1c1cc(CNC2CC2)cc(C)n1. The molecule has 0 bridgehead atoms. The van der Waals surface area contributed by atoms with E-state index < -0.39 is 0 Å². The molecule has 2 fully saturated rings.